The van der Waals surface area contributed by atoms with Crippen molar-refractivity contribution in [3.63, 3.8) is 0 Å². The third kappa shape index (κ3) is 5.34. The second-order valence-electron chi connectivity index (χ2n) is 5.41. The lowest BCUT2D eigenvalue weighted by atomic mass is 10.2. The van der Waals surface area contributed by atoms with Gasteiger partial charge in [0.1, 0.15) is 5.69 Å². The molecule has 0 aromatic carbocycles. The number of pyridine rings is 1. The van der Waals surface area contributed by atoms with Crippen LogP contribution in [0, 0.1) is 0 Å². The molecule has 0 bridgehead atoms. The first-order valence-electron chi connectivity index (χ1n) is 7.89. The molecule has 1 amide bonds. The summed E-state index contributed by atoms with van der Waals surface area (Å²) in [6.07, 6.45) is 7.48. The molecule has 1 fully saturated rings. The Morgan fingerprint density at radius 2 is 2.38 bits per heavy atom. The Kier molecular flexibility index (Phi) is 6.47. The van der Waals surface area contributed by atoms with E-state index in [2.05, 4.69) is 22.5 Å². The summed E-state index contributed by atoms with van der Waals surface area (Å²) in [5, 5.41) is 6.22. The van der Waals surface area contributed by atoms with Crippen LogP contribution < -0.4 is 10.6 Å². The van der Waals surface area contributed by atoms with E-state index in [0.29, 0.717) is 12.2 Å². The molecule has 2 N–H and O–H groups in total. The Morgan fingerprint density at radius 1 is 1.48 bits per heavy atom. The Labute approximate surface area is 126 Å². The van der Waals surface area contributed by atoms with Gasteiger partial charge in [0.2, 0.25) is 0 Å². The lowest BCUT2D eigenvalue weighted by Crippen LogP contribution is -2.32. The number of rotatable bonds is 8. The molecule has 1 aliphatic rings. The van der Waals surface area contributed by atoms with Gasteiger partial charge < -0.3 is 15.4 Å². The maximum atomic E-state index is 12.1. The molecule has 5 nitrogen and oxygen atoms in total. The van der Waals surface area contributed by atoms with Crippen molar-refractivity contribution in [2.24, 2.45) is 0 Å². The van der Waals surface area contributed by atoms with Crippen LogP contribution in [0.25, 0.3) is 0 Å². The minimum absolute atomic E-state index is 0.136. The summed E-state index contributed by atoms with van der Waals surface area (Å²) in [6, 6.07) is 3.69. The highest BCUT2D eigenvalue weighted by Crippen LogP contribution is 2.12. The molecule has 1 saturated heterocycles. The van der Waals surface area contributed by atoms with Crippen LogP contribution >= 0.6 is 0 Å². The van der Waals surface area contributed by atoms with Crippen LogP contribution in [-0.4, -0.2) is 36.7 Å². The van der Waals surface area contributed by atoms with E-state index >= 15 is 0 Å². The fourth-order valence-corrected chi connectivity index (χ4v) is 2.37. The Hall–Kier alpha value is -1.62. The van der Waals surface area contributed by atoms with Crippen LogP contribution in [0.15, 0.2) is 18.3 Å². The van der Waals surface area contributed by atoms with Gasteiger partial charge in [0.25, 0.3) is 5.91 Å². The molecule has 1 unspecified atom stereocenters. The van der Waals surface area contributed by atoms with Crippen LogP contribution in [0.5, 0.6) is 0 Å². The molecule has 0 spiro atoms. The summed E-state index contributed by atoms with van der Waals surface area (Å²) >= 11 is 0. The Morgan fingerprint density at radius 3 is 3.14 bits per heavy atom. The Bertz CT molecular complexity index is 445. The first kappa shape index (κ1) is 15.8. The SMILES string of the molecule is CCCCCNc1ccnc(C(=O)NCC2CCCO2)c1. The number of hydrogen-bond acceptors (Lipinski definition) is 4. The van der Waals surface area contributed by atoms with Crippen LogP contribution in [0.1, 0.15) is 49.5 Å². The number of ether oxygens (including phenoxy) is 1. The summed E-state index contributed by atoms with van der Waals surface area (Å²) in [5.74, 6) is -0.136. The second kappa shape index (κ2) is 8.62. The number of aromatic nitrogens is 1. The Balaban J connectivity index is 1.79. The number of amides is 1. The van der Waals surface area contributed by atoms with Crippen molar-refractivity contribution < 1.29 is 9.53 Å². The van der Waals surface area contributed by atoms with Gasteiger partial charge >= 0.3 is 0 Å². The largest absolute Gasteiger partial charge is 0.385 e. The van der Waals surface area contributed by atoms with Crippen molar-refractivity contribution in [1.29, 1.82) is 0 Å². The zero-order chi connectivity index (χ0) is 14.9. The van der Waals surface area contributed by atoms with Crippen molar-refractivity contribution in [1.82, 2.24) is 10.3 Å². The van der Waals surface area contributed by atoms with Crippen molar-refractivity contribution in [3.8, 4) is 0 Å². The van der Waals surface area contributed by atoms with Crippen molar-refractivity contribution >= 4 is 11.6 Å². The first-order valence-corrected chi connectivity index (χ1v) is 7.89. The molecule has 116 valence electrons. The lowest BCUT2D eigenvalue weighted by molar-refractivity contribution is 0.0854. The summed E-state index contributed by atoms with van der Waals surface area (Å²) in [4.78, 5) is 16.2. The van der Waals surface area contributed by atoms with E-state index in [0.717, 1.165) is 38.1 Å². The zero-order valence-corrected chi connectivity index (χ0v) is 12.7. The fourth-order valence-electron chi connectivity index (χ4n) is 2.37. The summed E-state index contributed by atoms with van der Waals surface area (Å²) in [5.41, 5.74) is 1.40. The van der Waals surface area contributed by atoms with Crippen molar-refractivity contribution in [2.75, 3.05) is 25.0 Å². The minimum Gasteiger partial charge on any atom is -0.385 e. The molecular formula is C16H25N3O2. The first-order chi connectivity index (χ1) is 10.3. The standard InChI is InChI=1S/C16H25N3O2/c1-2-3-4-8-17-13-7-9-18-15(11-13)16(20)19-12-14-6-5-10-21-14/h7,9,11,14H,2-6,8,10,12H2,1H3,(H,17,18)(H,19,20). The van der Waals surface area contributed by atoms with E-state index in [-0.39, 0.29) is 12.0 Å². The smallest absolute Gasteiger partial charge is 0.270 e. The van der Waals surface area contributed by atoms with Gasteiger partial charge in [0, 0.05) is 31.6 Å². The van der Waals surface area contributed by atoms with Gasteiger partial charge in [-0.05, 0) is 31.4 Å². The van der Waals surface area contributed by atoms with E-state index in [1.54, 1.807) is 12.3 Å². The minimum atomic E-state index is -0.136. The van der Waals surface area contributed by atoms with Gasteiger partial charge in [-0.1, -0.05) is 19.8 Å². The normalized spacial score (nSPS) is 17.7. The summed E-state index contributed by atoms with van der Waals surface area (Å²) in [7, 11) is 0. The molecule has 0 aliphatic carbocycles. The number of unbranched alkanes of at least 4 members (excludes halogenated alkanes) is 2. The van der Waals surface area contributed by atoms with Gasteiger partial charge in [-0.2, -0.15) is 0 Å². The molecule has 0 saturated carbocycles. The summed E-state index contributed by atoms with van der Waals surface area (Å²) in [6.45, 7) is 4.47. The number of hydrogen-bond donors (Lipinski definition) is 2. The number of nitrogens with one attached hydrogen (secondary N) is 2. The zero-order valence-electron chi connectivity index (χ0n) is 12.7. The van der Waals surface area contributed by atoms with Crippen LogP contribution in [-0.2, 0) is 4.74 Å². The second-order valence-corrected chi connectivity index (χ2v) is 5.41. The van der Waals surface area contributed by atoms with E-state index in [9.17, 15) is 4.79 Å². The molecular weight excluding hydrogens is 266 g/mol. The van der Waals surface area contributed by atoms with Crippen LogP contribution in [0.4, 0.5) is 5.69 Å². The van der Waals surface area contributed by atoms with Gasteiger partial charge in [-0.25, -0.2) is 0 Å². The molecule has 1 aromatic heterocycles. The number of carbonyl (C=O) groups excluding carboxylic acids is 1. The number of anilines is 1. The highest BCUT2D eigenvalue weighted by atomic mass is 16.5. The van der Waals surface area contributed by atoms with E-state index in [1.807, 2.05) is 6.07 Å². The molecule has 5 heteroatoms. The average Bonchev–Trinajstić information content (AvgIpc) is 3.03. The molecule has 2 heterocycles. The average molecular weight is 291 g/mol. The fraction of sp³-hybridized carbons (Fsp3) is 0.625. The van der Waals surface area contributed by atoms with Crippen molar-refractivity contribution in [3.05, 3.63) is 24.0 Å². The van der Waals surface area contributed by atoms with Gasteiger partial charge in [-0.15, -0.1) is 0 Å². The van der Waals surface area contributed by atoms with E-state index in [1.165, 1.54) is 12.8 Å². The van der Waals surface area contributed by atoms with E-state index in [4.69, 9.17) is 4.74 Å². The highest BCUT2D eigenvalue weighted by molar-refractivity contribution is 5.93. The quantitative estimate of drug-likeness (QED) is 0.723. The third-order valence-electron chi connectivity index (χ3n) is 3.62. The predicted octanol–water partition coefficient (Wildman–Crippen LogP) is 2.59. The molecule has 1 aromatic rings. The summed E-state index contributed by atoms with van der Waals surface area (Å²) < 4.78 is 5.49. The monoisotopic (exact) mass is 291 g/mol. The predicted molar refractivity (Wildman–Crippen MR) is 83.6 cm³/mol. The molecule has 21 heavy (non-hydrogen) atoms. The van der Waals surface area contributed by atoms with Crippen LogP contribution in [0.3, 0.4) is 0 Å². The topological polar surface area (TPSA) is 63.2 Å². The number of nitrogens with zero attached hydrogens (tertiary/aromatic N) is 1. The molecule has 2 rings (SSSR count). The van der Waals surface area contributed by atoms with Crippen LogP contribution in [0.2, 0.25) is 0 Å². The van der Waals surface area contributed by atoms with Gasteiger partial charge in [0.15, 0.2) is 0 Å². The lowest BCUT2D eigenvalue weighted by Gasteiger charge is -2.11. The maximum absolute atomic E-state index is 12.1. The van der Waals surface area contributed by atoms with Crippen molar-refractivity contribution in [2.45, 2.75) is 45.1 Å². The maximum Gasteiger partial charge on any atom is 0.270 e. The van der Waals surface area contributed by atoms with E-state index < -0.39 is 0 Å². The molecule has 1 aliphatic heterocycles. The van der Waals surface area contributed by atoms with Gasteiger partial charge in [-0.3, -0.25) is 9.78 Å². The third-order valence-corrected chi connectivity index (χ3v) is 3.62. The highest BCUT2D eigenvalue weighted by Gasteiger charge is 2.17. The van der Waals surface area contributed by atoms with Gasteiger partial charge in [0.05, 0.1) is 6.10 Å². The molecule has 0 radical (unpaired) electrons. The number of carbonyl (C=O) groups is 1. The molecule has 1 atom stereocenters.